The van der Waals surface area contributed by atoms with Gasteiger partial charge in [0.15, 0.2) is 0 Å². The maximum Gasteiger partial charge on any atom is 0 e. The number of hydrogen-bond acceptors (Lipinski definition) is 0. The van der Waals surface area contributed by atoms with Crippen molar-refractivity contribution in [2.45, 2.75) is 12.8 Å². The third-order valence-electron chi connectivity index (χ3n) is 1.95. The van der Waals surface area contributed by atoms with Gasteiger partial charge < -0.3 is 0 Å². The summed E-state index contributed by atoms with van der Waals surface area (Å²) in [4.78, 5) is 0. The van der Waals surface area contributed by atoms with Gasteiger partial charge in [0.25, 0.3) is 0 Å². The normalized spacial score (nSPS) is 19.6. The van der Waals surface area contributed by atoms with E-state index in [0.717, 1.165) is 12.8 Å². The Balaban J connectivity index is 0.000000605. The first-order valence-corrected chi connectivity index (χ1v) is 3.68. The first kappa shape index (κ1) is 8.55. The van der Waals surface area contributed by atoms with E-state index in [2.05, 4.69) is 36.5 Å². The Kier molecular flexibility index (Phi) is 2.90. The van der Waals surface area contributed by atoms with E-state index in [0.29, 0.717) is 0 Å². The van der Waals surface area contributed by atoms with Gasteiger partial charge in [-0.1, -0.05) is 36.5 Å². The molecule has 0 aromatic rings. The molecule has 0 atom stereocenters. The fraction of sp³-hybridized carbons (Fsp3) is 0.200. The molecule has 0 amide bonds. The minimum Gasteiger partial charge on any atom is -0.0801 e. The minimum absolute atomic E-state index is 0. The van der Waals surface area contributed by atoms with Gasteiger partial charge in [-0.15, -0.1) is 0 Å². The van der Waals surface area contributed by atoms with Crippen LogP contribution in [0.15, 0.2) is 47.6 Å². The summed E-state index contributed by atoms with van der Waals surface area (Å²) in [6, 6.07) is 0. The average Bonchev–Trinajstić information content (AvgIpc) is 2.59. The van der Waals surface area contributed by atoms with Crippen molar-refractivity contribution in [1.29, 1.82) is 0 Å². The van der Waals surface area contributed by atoms with Crippen LogP contribution < -0.4 is 0 Å². The molecule has 11 heavy (non-hydrogen) atoms. The van der Waals surface area contributed by atoms with E-state index in [-0.39, 0.29) is 16.5 Å². The van der Waals surface area contributed by atoms with Crippen molar-refractivity contribution in [2.24, 2.45) is 0 Å². The van der Waals surface area contributed by atoms with E-state index in [4.69, 9.17) is 0 Å². The molecule has 2 rings (SSSR count). The fourth-order valence-electron chi connectivity index (χ4n) is 1.37. The average molecular weight is 189 g/mol. The van der Waals surface area contributed by atoms with Crippen molar-refractivity contribution >= 4 is 0 Å². The third kappa shape index (κ3) is 1.72. The van der Waals surface area contributed by atoms with Crippen LogP contribution in [0.2, 0.25) is 0 Å². The summed E-state index contributed by atoms with van der Waals surface area (Å²) in [6.07, 6.45) is 15.4. The summed E-state index contributed by atoms with van der Waals surface area (Å²) < 4.78 is 0. The molecule has 0 unspecified atom stereocenters. The van der Waals surface area contributed by atoms with Crippen molar-refractivity contribution in [3.8, 4) is 0 Å². The van der Waals surface area contributed by atoms with Crippen LogP contribution in [0.5, 0.6) is 0 Å². The Hall–Kier alpha value is -0.546. The van der Waals surface area contributed by atoms with Gasteiger partial charge in [-0.2, -0.15) is 0 Å². The predicted molar refractivity (Wildman–Crippen MR) is 43.7 cm³/mol. The maximum atomic E-state index is 2.21. The minimum atomic E-state index is 0. The van der Waals surface area contributed by atoms with Gasteiger partial charge in [0.1, 0.15) is 0 Å². The Morgan fingerprint density at radius 1 is 0.818 bits per heavy atom. The molecule has 0 saturated heterocycles. The maximum absolute atomic E-state index is 2.21. The van der Waals surface area contributed by atoms with E-state index in [9.17, 15) is 0 Å². The molecular weight excluding hydrogens is 179 g/mol. The third-order valence-corrected chi connectivity index (χ3v) is 1.95. The summed E-state index contributed by atoms with van der Waals surface area (Å²) in [5, 5.41) is 0. The first-order chi connectivity index (χ1) is 4.97. The zero-order chi connectivity index (χ0) is 6.81. The second kappa shape index (κ2) is 3.73. The SMILES string of the molecule is C1=CCC(C2=CC=CC2)=C1.[Ni]. The monoisotopic (exact) mass is 188 g/mol. The molecule has 0 aromatic heterocycles. The molecule has 0 aliphatic heterocycles. The van der Waals surface area contributed by atoms with E-state index in [1.54, 1.807) is 0 Å². The molecular formula is C10H10Ni. The zero-order valence-electron chi connectivity index (χ0n) is 6.19. The summed E-state index contributed by atoms with van der Waals surface area (Å²) in [7, 11) is 0. The number of rotatable bonds is 1. The Bertz CT molecular complexity index is 226. The van der Waals surface area contributed by atoms with Crippen LogP contribution in [0.1, 0.15) is 12.8 Å². The molecule has 0 bridgehead atoms. The molecule has 0 aromatic carbocycles. The quantitative estimate of drug-likeness (QED) is 0.556. The standard InChI is InChI=1S/C10H10.Ni/c1-2-6-9(5-1)10-7-3-4-8-10;/h1-5,7H,6,8H2;. The first-order valence-electron chi connectivity index (χ1n) is 3.68. The van der Waals surface area contributed by atoms with Crippen LogP contribution in [0.25, 0.3) is 0 Å². The summed E-state index contributed by atoms with van der Waals surface area (Å²) in [5.74, 6) is 0. The van der Waals surface area contributed by atoms with Gasteiger partial charge in [0, 0.05) is 16.5 Å². The summed E-state index contributed by atoms with van der Waals surface area (Å²) in [5.41, 5.74) is 2.98. The second-order valence-electron chi connectivity index (χ2n) is 2.65. The molecule has 0 radical (unpaired) electrons. The molecule has 0 nitrogen and oxygen atoms in total. The van der Waals surface area contributed by atoms with Crippen LogP contribution in [0, 0.1) is 0 Å². The molecule has 0 heterocycles. The van der Waals surface area contributed by atoms with Crippen LogP contribution in [0.3, 0.4) is 0 Å². The largest absolute Gasteiger partial charge is 0.0801 e. The Labute approximate surface area is 77.3 Å². The van der Waals surface area contributed by atoms with Crippen molar-refractivity contribution in [3.05, 3.63) is 47.6 Å². The topological polar surface area (TPSA) is 0 Å². The smallest absolute Gasteiger partial charge is 0 e. The zero-order valence-corrected chi connectivity index (χ0v) is 7.18. The van der Waals surface area contributed by atoms with Gasteiger partial charge in [-0.3, -0.25) is 0 Å². The molecule has 0 N–H and O–H groups in total. The van der Waals surface area contributed by atoms with Gasteiger partial charge in [0.2, 0.25) is 0 Å². The van der Waals surface area contributed by atoms with Crippen LogP contribution in [-0.2, 0) is 16.5 Å². The molecule has 60 valence electrons. The van der Waals surface area contributed by atoms with Crippen molar-refractivity contribution < 1.29 is 16.5 Å². The van der Waals surface area contributed by atoms with E-state index in [1.807, 2.05) is 0 Å². The summed E-state index contributed by atoms with van der Waals surface area (Å²) >= 11 is 0. The van der Waals surface area contributed by atoms with Gasteiger partial charge in [-0.05, 0) is 24.0 Å². The number of hydrogen-bond donors (Lipinski definition) is 0. The van der Waals surface area contributed by atoms with Crippen molar-refractivity contribution in [3.63, 3.8) is 0 Å². The molecule has 1 heteroatoms. The fourth-order valence-corrected chi connectivity index (χ4v) is 1.37. The van der Waals surface area contributed by atoms with Gasteiger partial charge in [-0.25, -0.2) is 0 Å². The second-order valence-corrected chi connectivity index (χ2v) is 2.65. The van der Waals surface area contributed by atoms with Crippen LogP contribution >= 0.6 is 0 Å². The molecule has 0 saturated carbocycles. The van der Waals surface area contributed by atoms with Crippen molar-refractivity contribution in [1.82, 2.24) is 0 Å². The molecule has 2 aliphatic carbocycles. The number of allylic oxidation sites excluding steroid dienone is 8. The van der Waals surface area contributed by atoms with Gasteiger partial charge >= 0.3 is 0 Å². The van der Waals surface area contributed by atoms with Gasteiger partial charge in [0.05, 0.1) is 0 Å². The Morgan fingerprint density at radius 3 is 1.55 bits per heavy atom. The summed E-state index contributed by atoms with van der Waals surface area (Å²) in [6.45, 7) is 0. The van der Waals surface area contributed by atoms with Crippen LogP contribution in [-0.4, -0.2) is 0 Å². The van der Waals surface area contributed by atoms with Crippen molar-refractivity contribution in [2.75, 3.05) is 0 Å². The predicted octanol–water partition coefficient (Wildman–Crippen LogP) is 2.76. The Morgan fingerprint density at radius 2 is 1.27 bits per heavy atom. The van der Waals surface area contributed by atoms with E-state index >= 15 is 0 Å². The van der Waals surface area contributed by atoms with E-state index in [1.165, 1.54) is 11.1 Å². The van der Waals surface area contributed by atoms with E-state index < -0.39 is 0 Å². The molecule has 0 spiro atoms. The van der Waals surface area contributed by atoms with Crippen LogP contribution in [0.4, 0.5) is 0 Å². The molecule has 2 aliphatic rings. The molecule has 0 fully saturated rings.